The van der Waals surface area contributed by atoms with Gasteiger partial charge in [-0.05, 0) is 42.8 Å². The second kappa shape index (κ2) is 7.68. The third-order valence-corrected chi connectivity index (χ3v) is 4.85. The number of hydrogen-bond acceptors (Lipinski definition) is 4. The lowest BCUT2D eigenvalue weighted by Gasteiger charge is -2.23. The van der Waals surface area contributed by atoms with Gasteiger partial charge < -0.3 is 4.74 Å². The highest BCUT2D eigenvalue weighted by atomic mass is 35.5. The van der Waals surface area contributed by atoms with E-state index in [0.29, 0.717) is 21.8 Å². The normalized spacial score (nSPS) is 11.1. The van der Waals surface area contributed by atoms with Gasteiger partial charge in [0.25, 0.3) is 0 Å². The largest absolute Gasteiger partial charge is 0.462 e. The highest BCUT2D eigenvalue weighted by Gasteiger charge is 2.19. The smallest absolute Gasteiger partial charge is 0.338 e. The zero-order valence-electron chi connectivity index (χ0n) is 13.4. The Morgan fingerprint density at radius 3 is 2.29 bits per heavy atom. The number of carbonyl (C=O) groups is 1. The fraction of sp³-hybridized carbons (Fsp3) is 0.235. The molecule has 24 heavy (non-hydrogen) atoms. The summed E-state index contributed by atoms with van der Waals surface area (Å²) < 4.78 is 30.5. The van der Waals surface area contributed by atoms with E-state index in [2.05, 4.69) is 0 Å². The summed E-state index contributed by atoms with van der Waals surface area (Å²) in [6, 6.07) is 13.3. The number of hydrogen-bond donors (Lipinski definition) is 0. The average Bonchev–Trinajstić information content (AvgIpc) is 2.53. The molecule has 0 aromatic heterocycles. The lowest BCUT2D eigenvalue weighted by atomic mass is 10.2. The summed E-state index contributed by atoms with van der Waals surface area (Å²) in [5, 5.41) is 0.495. The third-order valence-electron chi connectivity index (χ3n) is 3.34. The predicted molar refractivity (Wildman–Crippen MR) is 94.9 cm³/mol. The summed E-state index contributed by atoms with van der Waals surface area (Å²) in [5.74, 6) is -0.443. The zero-order chi connectivity index (χ0) is 17.7. The summed E-state index contributed by atoms with van der Waals surface area (Å²) in [5.41, 5.74) is 1.51. The topological polar surface area (TPSA) is 63.7 Å². The molecular formula is C17H18ClNO4S. The van der Waals surface area contributed by atoms with Gasteiger partial charge in [0.15, 0.2) is 0 Å². The number of esters is 1. The van der Waals surface area contributed by atoms with Gasteiger partial charge in [0, 0.05) is 5.02 Å². The molecule has 2 aromatic rings. The maximum absolute atomic E-state index is 12.2. The molecule has 0 radical (unpaired) electrons. The Labute approximate surface area is 146 Å². The minimum atomic E-state index is -3.52. The molecule has 0 heterocycles. The molecule has 0 amide bonds. The standard InChI is InChI=1S/C17H18ClNO4S/c1-3-23-17(20)13-8-10-15(11-9-13)19(24(2,21)22)12-14-6-4-5-7-16(14)18/h4-11H,3,12H2,1-2H3. The van der Waals surface area contributed by atoms with E-state index in [9.17, 15) is 13.2 Å². The van der Waals surface area contributed by atoms with Crippen LogP contribution in [0.3, 0.4) is 0 Å². The number of benzene rings is 2. The minimum absolute atomic E-state index is 0.108. The van der Waals surface area contributed by atoms with Gasteiger partial charge in [0.1, 0.15) is 0 Å². The SMILES string of the molecule is CCOC(=O)c1ccc(N(Cc2ccccc2Cl)S(C)(=O)=O)cc1. The van der Waals surface area contributed by atoms with Gasteiger partial charge >= 0.3 is 5.97 Å². The predicted octanol–water partition coefficient (Wildman–Crippen LogP) is 3.48. The number of nitrogens with zero attached hydrogens (tertiary/aromatic N) is 1. The van der Waals surface area contributed by atoms with Crippen LogP contribution in [-0.2, 0) is 21.3 Å². The lowest BCUT2D eigenvalue weighted by Crippen LogP contribution is -2.29. The first kappa shape index (κ1) is 18.3. The van der Waals surface area contributed by atoms with Gasteiger partial charge in [0.2, 0.25) is 10.0 Å². The van der Waals surface area contributed by atoms with Gasteiger partial charge in [-0.2, -0.15) is 0 Å². The molecule has 0 unspecified atom stereocenters. The van der Waals surface area contributed by atoms with Crippen LogP contribution in [0.25, 0.3) is 0 Å². The molecule has 2 rings (SSSR count). The number of sulfonamides is 1. The lowest BCUT2D eigenvalue weighted by molar-refractivity contribution is 0.0526. The van der Waals surface area contributed by atoms with Crippen LogP contribution < -0.4 is 4.31 Å². The Balaban J connectivity index is 2.32. The van der Waals surface area contributed by atoms with Crippen LogP contribution in [0.1, 0.15) is 22.8 Å². The van der Waals surface area contributed by atoms with Crippen LogP contribution in [0, 0.1) is 0 Å². The highest BCUT2D eigenvalue weighted by molar-refractivity contribution is 7.92. The Morgan fingerprint density at radius 1 is 1.12 bits per heavy atom. The molecule has 0 saturated carbocycles. The molecule has 2 aromatic carbocycles. The molecule has 128 valence electrons. The van der Waals surface area contributed by atoms with Crippen LogP contribution in [-0.4, -0.2) is 27.2 Å². The Morgan fingerprint density at radius 2 is 1.75 bits per heavy atom. The molecule has 0 atom stereocenters. The van der Waals surface area contributed by atoms with Crippen molar-refractivity contribution in [3.8, 4) is 0 Å². The summed E-state index contributed by atoms with van der Waals surface area (Å²) in [6.45, 7) is 2.11. The highest BCUT2D eigenvalue weighted by Crippen LogP contribution is 2.24. The van der Waals surface area contributed by atoms with Gasteiger partial charge in [0.05, 0.1) is 30.7 Å². The quantitative estimate of drug-likeness (QED) is 0.733. The van der Waals surface area contributed by atoms with Crippen molar-refractivity contribution < 1.29 is 17.9 Å². The summed E-state index contributed by atoms with van der Waals surface area (Å²) in [4.78, 5) is 11.7. The van der Waals surface area contributed by atoms with Gasteiger partial charge in [-0.25, -0.2) is 13.2 Å². The van der Waals surface area contributed by atoms with E-state index in [1.54, 1.807) is 43.3 Å². The van der Waals surface area contributed by atoms with Crippen molar-refractivity contribution >= 4 is 33.3 Å². The molecule has 7 heteroatoms. The zero-order valence-corrected chi connectivity index (χ0v) is 15.0. The number of ether oxygens (including phenoxy) is 1. The molecule has 0 saturated heterocycles. The summed E-state index contributed by atoms with van der Waals surface area (Å²) >= 11 is 6.12. The van der Waals surface area contributed by atoms with Crippen molar-refractivity contribution in [2.24, 2.45) is 0 Å². The minimum Gasteiger partial charge on any atom is -0.462 e. The van der Waals surface area contributed by atoms with Crippen molar-refractivity contribution in [2.75, 3.05) is 17.2 Å². The molecule has 0 aliphatic heterocycles. The van der Waals surface area contributed by atoms with Crippen LogP contribution >= 0.6 is 11.6 Å². The molecular weight excluding hydrogens is 350 g/mol. The molecule has 0 fully saturated rings. The molecule has 0 spiro atoms. The van der Waals surface area contributed by atoms with E-state index < -0.39 is 16.0 Å². The van der Waals surface area contributed by atoms with Crippen molar-refractivity contribution in [2.45, 2.75) is 13.5 Å². The van der Waals surface area contributed by atoms with Crippen molar-refractivity contribution in [3.05, 3.63) is 64.7 Å². The van der Waals surface area contributed by atoms with Crippen LogP contribution in [0.15, 0.2) is 48.5 Å². The van der Waals surface area contributed by atoms with Crippen molar-refractivity contribution in [1.82, 2.24) is 0 Å². The Bertz CT molecular complexity index is 819. The van der Waals surface area contributed by atoms with Crippen LogP contribution in [0.4, 0.5) is 5.69 Å². The molecule has 0 bridgehead atoms. The third kappa shape index (κ3) is 4.49. The van der Waals surface area contributed by atoms with Crippen molar-refractivity contribution in [1.29, 1.82) is 0 Å². The fourth-order valence-electron chi connectivity index (χ4n) is 2.16. The van der Waals surface area contributed by atoms with E-state index in [4.69, 9.17) is 16.3 Å². The van der Waals surface area contributed by atoms with E-state index >= 15 is 0 Å². The number of carbonyl (C=O) groups excluding carboxylic acids is 1. The molecule has 0 aliphatic carbocycles. The first-order valence-corrected chi connectivity index (χ1v) is 9.54. The van der Waals surface area contributed by atoms with Gasteiger partial charge in [-0.1, -0.05) is 29.8 Å². The monoisotopic (exact) mass is 367 g/mol. The van der Waals surface area contributed by atoms with E-state index in [1.807, 2.05) is 0 Å². The number of halogens is 1. The summed E-state index contributed by atoms with van der Waals surface area (Å²) in [6.07, 6.45) is 1.13. The summed E-state index contributed by atoms with van der Waals surface area (Å²) in [7, 11) is -3.52. The van der Waals surface area contributed by atoms with Crippen LogP contribution in [0.2, 0.25) is 5.02 Å². The molecule has 0 aliphatic rings. The van der Waals surface area contributed by atoms with Gasteiger partial charge in [-0.3, -0.25) is 4.31 Å². The second-order valence-corrected chi connectivity index (χ2v) is 7.44. The van der Waals surface area contributed by atoms with E-state index in [0.717, 1.165) is 6.26 Å². The Hall–Kier alpha value is -2.05. The van der Waals surface area contributed by atoms with E-state index in [1.165, 1.54) is 16.4 Å². The van der Waals surface area contributed by atoms with E-state index in [-0.39, 0.29) is 13.2 Å². The maximum atomic E-state index is 12.2. The number of anilines is 1. The Kier molecular flexibility index (Phi) is 5.85. The maximum Gasteiger partial charge on any atom is 0.338 e. The molecule has 0 N–H and O–H groups in total. The van der Waals surface area contributed by atoms with Crippen LogP contribution in [0.5, 0.6) is 0 Å². The van der Waals surface area contributed by atoms with Crippen molar-refractivity contribution in [3.63, 3.8) is 0 Å². The number of rotatable bonds is 6. The first-order valence-electron chi connectivity index (χ1n) is 7.31. The first-order chi connectivity index (χ1) is 11.3. The molecule has 5 nitrogen and oxygen atoms in total. The fourth-order valence-corrected chi connectivity index (χ4v) is 3.23. The van der Waals surface area contributed by atoms with Gasteiger partial charge in [-0.15, -0.1) is 0 Å². The average molecular weight is 368 g/mol. The second-order valence-electron chi connectivity index (χ2n) is 5.13.